The van der Waals surface area contributed by atoms with E-state index in [9.17, 15) is 9.59 Å². The van der Waals surface area contributed by atoms with Gasteiger partial charge in [-0.05, 0) is 19.9 Å². The molecule has 3 rings (SSSR count). The van der Waals surface area contributed by atoms with Gasteiger partial charge in [0.05, 0.1) is 19.3 Å². The molecule has 0 aromatic carbocycles. The molecule has 0 aliphatic carbocycles. The molecule has 1 aliphatic rings. The lowest BCUT2D eigenvalue weighted by Gasteiger charge is -2.33. The van der Waals surface area contributed by atoms with Crippen LogP contribution in [0.15, 0.2) is 18.3 Å². The SMILES string of the molecule is CC(C)OCC(=O)N1CCO[C@H](c2c(C(=O)N(C)C)sc3ncccc23)C1. The number of aromatic nitrogens is 1. The Bertz CT molecular complexity index is 833. The van der Waals surface area contributed by atoms with Crippen LogP contribution in [0.2, 0.25) is 0 Å². The third kappa shape index (κ3) is 4.28. The van der Waals surface area contributed by atoms with Crippen LogP contribution in [0.3, 0.4) is 0 Å². The second-order valence-electron chi connectivity index (χ2n) is 6.96. The Kier molecular flexibility index (Phi) is 6.08. The summed E-state index contributed by atoms with van der Waals surface area (Å²) < 4.78 is 11.4. The van der Waals surface area contributed by atoms with Gasteiger partial charge in [-0.1, -0.05) is 6.07 Å². The summed E-state index contributed by atoms with van der Waals surface area (Å²) in [5, 5.41) is 0.908. The lowest BCUT2D eigenvalue weighted by Crippen LogP contribution is -2.44. The normalized spacial score (nSPS) is 17.5. The summed E-state index contributed by atoms with van der Waals surface area (Å²) in [6.07, 6.45) is 1.36. The number of fused-ring (bicyclic) bond motifs is 1. The molecule has 2 aromatic rings. The van der Waals surface area contributed by atoms with Crippen LogP contribution in [-0.2, 0) is 14.3 Å². The number of nitrogens with zero attached hydrogens (tertiary/aromatic N) is 3. The Balaban J connectivity index is 1.90. The van der Waals surface area contributed by atoms with Gasteiger partial charge in [0.15, 0.2) is 0 Å². The summed E-state index contributed by atoms with van der Waals surface area (Å²) in [5.74, 6) is -0.140. The number of hydrogen-bond acceptors (Lipinski definition) is 6. The van der Waals surface area contributed by atoms with E-state index in [4.69, 9.17) is 9.47 Å². The van der Waals surface area contributed by atoms with Crippen LogP contribution in [0.25, 0.3) is 10.2 Å². The number of hydrogen-bond donors (Lipinski definition) is 0. The molecule has 27 heavy (non-hydrogen) atoms. The first kappa shape index (κ1) is 19.7. The fourth-order valence-electron chi connectivity index (χ4n) is 3.01. The highest BCUT2D eigenvalue weighted by Crippen LogP contribution is 2.37. The van der Waals surface area contributed by atoms with Gasteiger partial charge < -0.3 is 19.3 Å². The number of pyridine rings is 1. The summed E-state index contributed by atoms with van der Waals surface area (Å²) in [5.41, 5.74) is 0.823. The van der Waals surface area contributed by atoms with Gasteiger partial charge in [0.2, 0.25) is 5.91 Å². The van der Waals surface area contributed by atoms with Gasteiger partial charge in [-0.3, -0.25) is 9.59 Å². The number of amides is 2. The van der Waals surface area contributed by atoms with Gasteiger partial charge in [-0.25, -0.2) is 4.98 Å². The van der Waals surface area contributed by atoms with E-state index in [0.29, 0.717) is 24.6 Å². The number of thiophene rings is 1. The van der Waals surface area contributed by atoms with Crippen molar-refractivity contribution in [3.05, 3.63) is 28.8 Å². The predicted molar refractivity (Wildman–Crippen MR) is 104 cm³/mol. The van der Waals surface area contributed by atoms with E-state index in [1.165, 1.54) is 11.3 Å². The van der Waals surface area contributed by atoms with Crippen molar-refractivity contribution in [1.82, 2.24) is 14.8 Å². The van der Waals surface area contributed by atoms with Crippen LogP contribution in [0.4, 0.5) is 0 Å². The van der Waals surface area contributed by atoms with Crippen LogP contribution < -0.4 is 0 Å². The molecule has 1 fully saturated rings. The molecular weight excluding hydrogens is 366 g/mol. The molecule has 146 valence electrons. The molecule has 0 bridgehead atoms. The molecule has 0 unspecified atom stereocenters. The highest BCUT2D eigenvalue weighted by molar-refractivity contribution is 7.20. The zero-order valence-electron chi connectivity index (χ0n) is 16.1. The predicted octanol–water partition coefficient (Wildman–Crippen LogP) is 2.32. The molecule has 7 nitrogen and oxygen atoms in total. The van der Waals surface area contributed by atoms with E-state index in [-0.39, 0.29) is 30.6 Å². The molecule has 0 spiro atoms. The van der Waals surface area contributed by atoms with Crippen molar-refractivity contribution in [1.29, 1.82) is 0 Å². The standard InChI is InChI=1S/C19H25N3O4S/c1-12(2)26-11-15(23)22-8-9-25-14(10-22)16-13-6-5-7-20-18(13)27-17(16)19(24)21(3)4/h5-7,12,14H,8-11H2,1-4H3/t14-/m0/s1. The minimum atomic E-state index is -0.362. The molecule has 1 saturated heterocycles. The van der Waals surface area contributed by atoms with Gasteiger partial charge in [-0.15, -0.1) is 11.3 Å². The smallest absolute Gasteiger partial charge is 0.263 e. The molecular formula is C19H25N3O4S. The van der Waals surface area contributed by atoms with Gasteiger partial charge >= 0.3 is 0 Å². The third-order valence-corrected chi connectivity index (χ3v) is 5.50. The third-order valence-electron chi connectivity index (χ3n) is 4.39. The molecule has 3 heterocycles. The summed E-state index contributed by atoms with van der Waals surface area (Å²) in [4.78, 5) is 34.3. The number of carbonyl (C=O) groups excluding carboxylic acids is 2. The maximum atomic E-state index is 12.7. The molecule has 2 aromatic heterocycles. The van der Waals surface area contributed by atoms with Crippen molar-refractivity contribution in [2.24, 2.45) is 0 Å². The van der Waals surface area contributed by atoms with E-state index >= 15 is 0 Å². The first-order chi connectivity index (χ1) is 12.9. The van der Waals surface area contributed by atoms with Crippen molar-refractivity contribution >= 4 is 33.4 Å². The second-order valence-corrected chi connectivity index (χ2v) is 7.96. The van der Waals surface area contributed by atoms with E-state index in [2.05, 4.69) is 4.98 Å². The highest BCUT2D eigenvalue weighted by Gasteiger charge is 2.32. The summed E-state index contributed by atoms with van der Waals surface area (Å²) >= 11 is 1.37. The number of ether oxygens (including phenoxy) is 2. The molecule has 2 amide bonds. The molecule has 0 radical (unpaired) electrons. The van der Waals surface area contributed by atoms with Crippen molar-refractivity contribution in [3.8, 4) is 0 Å². The van der Waals surface area contributed by atoms with Crippen LogP contribution in [0.1, 0.15) is 35.2 Å². The largest absolute Gasteiger partial charge is 0.370 e. The van der Waals surface area contributed by atoms with E-state index in [1.807, 2.05) is 26.0 Å². The second kappa shape index (κ2) is 8.33. The van der Waals surface area contributed by atoms with Crippen molar-refractivity contribution in [2.75, 3.05) is 40.4 Å². The molecule has 1 aliphatic heterocycles. The monoisotopic (exact) mass is 391 g/mol. The molecule has 0 N–H and O–H groups in total. The average Bonchev–Trinajstić information content (AvgIpc) is 3.04. The minimum Gasteiger partial charge on any atom is -0.370 e. The lowest BCUT2D eigenvalue weighted by molar-refractivity contribution is -0.145. The summed E-state index contributed by atoms with van der Waals surface area (Å²) in [6.45, 7) is 5.20. The Morgan fingerprint density at radius 3 is 2.93 bits per heavy atom. The van der Waals surface area contributed by atoms with Crippen LogP contribution in [-0.4, -0.2) is 73.1 Å². The zero-order valence-corrected chi connectivity index (χ0v) is 16.9. The topological polar surface area (TPSA) is 72.0 Å². The quantitative estimate of drug-likeness (QED) is 0.782. The summed E-state index contributed by atoms with van der Waals surface area (Å²) in [7, 11) is 3.45. The number of morpholine rings is 1. The fraction of sp³-hybridized carbons (Fsp3) is 0.526. The Morgan fingerprint density at radius 1 is 1.44 bits per heavy atom. The van der Waals surface area contributed by atoms with Crippen molar-refractivity contribution in [3.63, 3.8) is 0 Å². The van der Waals surface area contributed by atoms with Crippen LogP contribution in [0, 0.1) is 0 Å². The minimum absolute atomic E-state index is 0.00185. The zero-order chi connectivity index (χ0) is 19.6. The van der Waals surface area contributed by atoms with E-state index < -0.39 is 0 Å². The van der Waals surface area contributed by atoms with Gasteiger partial charge in [0.1, 0.15) is 22.4 Å². The highest BCUT2D eigenvalue weighted by atomic mass is 32.1. The van der Waals surface area contributed by atoms with Crippen LogP contribution >= 0.6 is 11.3 Å². The first-order valence-electron chi connectivity index (χ1n) is 8.98. The Morgan fingerprint density at radius 2 is 2.22 bits per heavy atom. The van der Waals surface area contributed by atoms with Gasteiger partial charge in [0, 0.05) is 37.8 Å². The van der Waals surface area contributed by atoms with Gasteiger partial charge in [0.25, 0.3) is 5.91 Å². The first-order valence-corrected chi connectivity index (χ1v) is 9.80. The fourth-order valence-corrected chi connectivity index (χ4v) is 4.23. The maximum absolute atomic E-state index is 12.7. The van der Waals surface area contributed by atoms with Crippen molar-refractivity contribution in [2.45, 2.75) is 26.1 Å². The van der Waals surface area contributed by atoms with Crippen LogP contribution in [0.5, 0.6) is 0 Å². The molecule has 8 heteroatoms. The number of rotatable bonds is 5. The molecule has 0 saturated carbocycles. The average molecular weight is 391 g/mol. The Hall–Kier alpha value is -2.03. The summed E-state index contributed by atoms with van der Waals surface area (Å²) in [6, 6.07) is 3.80. The maximum Gasteiger partial charge on any atom is 0.263 e. The van der Waals surface area contributed by atoms with Crippen molar-refractivity contribution < 1.29 is 19.1 Å². The molecule has 1 atom stereocenters. The van der Waals surface area contributed by atoms with E-state index in [0.717, 1.165) is 15.8 Å². The lowest BCUT2D eigenvalue weighted by atomic mass is 10.0. The van der Waals surface area contributed by atoms with E-state index in [1.54, 1.807) is 30.1 Å². The number of carbonyl (C=O) groups is 2. The Labute approximate surface area is 162 Å². The van der Waals surface area contributed by atoms with Gasteiger partial charge in [-0.2, -0.15) is 0 Å².